The third-order valence-electron chi connectivity index (χ3n) is 4.30. The number of hydrogen-bond donors (Lipinski definition) is 1. The van der Waals surface area contributed by atoms with E-state index in [-0.39, 0.29) is 5.91 Å². The van der Waals surface area contributed by atoms with E-state index < -0.39 is 0 Å². The Kier molecular flexibility index (Phi) is 5.78. The third kappa shape index (κ3) is 4.75. The molecule has 1 aromatic heterocycles. The van der Waals surface area contributed by atoms with Gasteiger partial charge in [-0.3, -0.25) is 10.1 Å². The summed E-state index contributed by atoms with van der Waals surface area (Å²) in [7, 11) is 1.60. The number of hydrogen-bond acceptors (Lipinski definition) is 5. The van der Waals surface area contributed by atoms with Gasteiger partial charge in [-0.25, -0.2) is 4.98 Å². The summed E-state index contributed by atoms with van der Waals surface area (Å²) in [6, 6.07) is 13.6. The van der Waals surface area contributed by atoms with Crippen LogP contribution in [0.15, 0.2) is 71.0 Å². The maximum atomic E-state index is 12.7. The van der Waals surface area contributed by atoms with Crippen LogP contribution in [-0.4, -0.2) is 18.0 Å². The van der Waals surface area contributed by atoms with E-state index in [0.29, 0.717) is 22.2 Å². The van der Waals surface area contributed by atoms with E-state index in [0.717, 1.165) is 21.3 Å². The van der Waals surface area contributed by atoms with Crippen LogP contribution in [0.2, 0.25) is 0 Å². The number of rotatable bonds is 5. The first kappa shape index (κ1) is 19.4. The lowest BCUT2D eigenvalue weighted by Crippen LogP contribution is -2.12. The van der Waals surface area contributed by atoms with Gasteiger partial charge in [0, 0.05) is 33.1 Å². The number of nitrogens with zero attached hydrogens (tertiary/aromatic N) is 1. The Balaban J connectivity index is 1.48. The predicted octanol–water partition coefficient (Wildman–Crippen LogP) is 5.43. The van der Waals surface area contributed by atoms with Gasteiger partial charge in [-0.15, -0.1) is 11.3 Å². The highest BCUT2D eigenvalue weighted by Gasteiger charge is 2.14. The van der Waals surface area contributed by atoms with Crippen LogP contribution < -0.4 is 14.8 Å². The molecule has 4 rings (SSSR count). The van der Waals surface area contributed by atoms with Crippen LogP contribution in [0.4, 0.5) is 5.13 Å². The average Bonchev–Trinajstić information content (AvgIpc) is 3.04. The Bertz CT molecular complexity index is 1100. The number of fused-ring (bicyclic) bond motifs is 1. The molecule has 1 aliphatic heterocycles. The quantitative estimate of drug-likeness (QED) is 0.541. The number of anilines is 1. The van der Waals surface area contributed by atoms with Crippen LogP contribution in [0.25, 0.3) is 6.08 Å². The highest BCUT2D eigenvalue weighted by Crippen LogP contribution is 2.29. The molecule has 0 aliphatic carbocycles. The smallest absolute Gasteiger partial charge is 0.257 e. The van der Waals surface area contributed by atoms with E-state index in [1.807, 2.05) is 30.3 Å². The molecule has 29 heavy (non-hydrogen) atoms. The van der Waals surface area contributed by atoms with Crippen LogP contribution in [0.5, 0.6) is 11.5 Å². The van der Waals surface area contributed by atoms with Crippen LogP contribution in [0.1, 0.15) is 16.0 Å². The lowest BCUT2D eigenvalue weighted by molar-refractivity contribution is -0.112. The number of methoxy groups -OCH3 is 1. The summed E-state index contributed by atoms with van der Waals surface area (Å²) in [5.41, 5.74) is 2.43. The maximum Gasteiger partial charge on any atom is 0.257 e. The molecule has 2 heterocycles. The lowest BCUT2D eigenvalue weighted by atomic mass is 10.1. The summed E-state index contributed by atoms with van der Waals surface area (Å²) < 4.78 is 11.9. The molecule has 1 aliphatic rings. The summed E-state index contributed by atoms with van der Waals surface area (Å²) in [5.74, 6) is 1.11. The van der Waals surface area contributed by atoms with Gasteiger partial charge in [-0.05, 0) is 48.0 Å². The first-order chi connectivity index (χ1) is 14.1. The molecule has 0 spiro atoms. The van der Waals surface area contributed by atoms with Crippen molar-refractivity contribution in [1.29, 1.82) is 0 Å². The highest BCUT2D eigenvalue weighted by molar-refractivity contribution is 9.10. The molecule has 7 heteroatoms. The molecule has 0 bridgehead atoms. The second kappa shape index (κ2) is 8.63. The number of benzene rings is 2. The Morgan fingerprint density at radius 3 is 2.86 bits per heavy atom. The molecule has 1 amide bonds. The van der Waals surface area contributed by atoms with Crippen molar-refractivity contribution in [3.05, 3.63) is 87.0 Å². The summed E-state index contributed by atoms with van der Waals surface area (Å²) >= 11 is 4.90. The Morgan fingerprint density at radius 2 is 2.07 bits per heavy atom. The fraction of sp³-hybridized carbons (Fsp3) is 0.0909. The number of aromatic nitrogens is 1. The monoisotopic (exact) mass is 468 g/mol. The molecule has 0 fully saturated rings. The standard InChI is InChI=1S/C22H17BrN2O3S/c1-27-18-6-7-20-16(12-18)11-15(8-9-28-20)21(26)25-22-24-13-19(29-22)10-14-2-4-17(23)5-3-14/h2-9,11-13H,10H2,1H3,(H,24,25,26). The molecular weight excluding hydrogens is 452 g/mol. The molecule has 0 saturated heterocycles. The normalized spacial score (nSPS) is 12.4. The van der Waals surface area contributed by atoms with Crippen LogP contribution in [-0.2, 0) is 11.2 Å². The highest BCUT2D eigenvalue weighted by atomic mass is 79.9. The minimum Gasteiger partial charge on any atom is -0.497 e. The molecule has 1 N–H and O–H groups in total. The largest absolute Gasteiger partial charge is 0.497 e. The molecular formula is C22H17BrN2O3S. The fourth-order valence-corrected chi connectivity index (χ4v) is 3.94. The Hall–Kier alpha value is -2.90. The van der Waals surface area contributed by atoms with E-state index in [1.54, 1.807) is 25.5 Å². The Labute approximate surface area is 180 Å². The van der Waals surface area contributed by atoms with Crippen molar-refractivity contribution in [2.75, 3.05) is 12.4 Å². The van der Waals surface area contributed by atoms with E-state index in [4.69, 9.17) is 9.47 Å². The van der Waals surface area contributed by atoms with Gasteiger partial charge in [0.25, 0.3) is 5.91 Å². The molecule has 0 atom stereocenters. The minimum absolute atomic E-state index is 0.245. The van der Waals surface area contributed by atoms with Crippen molar-refractivity contribution in [3.63, 3.8) is 0 Å². The SMILES string of the molecule is COc1ccc2c(c1)C=C(C(=O)Nc1ncc(Cc3ccc(Br)cc3)s1)C=CO2. The van der Waals surface area contributed by atoms with Gasteiger partial charge in [0.05, 0.1) is 13.4 Å². The van der Waals surface area contributed by atoms with Gasteiger partial charge in [0.2, 0.25) is 0 Å². The number of nitrogens with one attached hydrogen (secondary N) is 1. The topological polar surface area (TPSA) is 60.5 Å². The van der Waals surface area contributed by atoms with Gasteiger partial charge in [0.1, 0.15) is 11.5 Å². The second-order valence-electron chi connectivity index (χ2n) is 6.31. The van der Waals surface area contributed by atoms with Gasteiger partial charge in [0.15, 0.2) is 5.13 Å². The van der Waals surface area contributed by atoms with Crippen LogP contribution in [0.3, 0.4) is 0 Å². The van der Waals surface area contributed by atoms with E-state index in [1.165, 1.54) is 23.2 Å². The maximum absolute atomic E-state index is 12.7. The van der Waals surface area contributed by atoms with Crippen molar-refractivity contribution >= 4 is 44.4 Å². The Morgan fingerprint density at radius 1 is 1.24 bits per heavy atom. The van der Waals surface area contributed by atoms with Crippen molar-refractivity contribution in [3.8, 4) is 11.5 Å². The van der Waals surface area contributed by atoms with Gasteiger partial charge < -0.3 is 9.47 Å². The zero-order valence-corrected chi connectivity index (χ0v) is 17.9. The van der Waals surface area contributed by atoms with Crippen molar-refractivity contribution in [1.82, 2.24) is 4.98 Å². The predicted molar refractivity (Wildman–Crippen MR) is 118 cm³/mol. The second-order valence-corrected chi connectivity index (χ2v) is 8.34. The van der Waals surface area contributed by atoms with Crippen molar-refractivity contribution in [2.24, 2.45) is 0 Å². The summed E-state index contributed by atoms with van der Waals surface area (Å²) in [6.07, 6.45) is 7.48. The summed E-state index contributed by atoms with van der Waals surface area (Å²) in [4.78, 5) is 18.1. The zero-order valence-electron chi connectivity index (χ0n) is 15.5. The van der Waals surface area contributed by atoms with E-state index in [2.05, 4.69) is 38.4 Å². The first-order valence-corrected chi connectivity index (χ1v) is 10.4. The molecule has 2 aromatic carbocycles. The van der Waals surface area contributed by atoms with Crippen molar-refractivity contribution < 1.29 is 14.3 Å². The number of thiazole rings is 1. The fourth-order valence-electron chi connectivity index (χ4n) is 2.83. The average molecular weight is 469 g/mol. The van der Waals surface area contributed by atoms with Crippen molar-refractivity contribution in [2.45, 2.75) is 6.42 Å². The molecule has 146 valence electrons. The molecule has 5 nitrogen and oxygen atoms in total. The summed E-state index contributed by atoms with van der Waals surface area (Å²) in [5, 5.41) is 3.43. The van der Waals surface area contributed by atoms with Gasteiger partial charge in [-0.1, -0.05) is 28.1 Å². The molecule has 0 saturated carbocycles. The number of carbonyl (C=O) groups is 1. The van der Waals surface area contributed by atoms with Crippen LogP contribution in [0, 0.1) is 0 Å². The summed E-state index contributed by atoms with van der Waals surface area (Å²) in [6.45, 7) is 0. The molecule has 0 radical (unpaired) electrons. The number of carbonyl (C=O) groups excluding carboxylic acids is 1. The minimum atomic E-state index is -0.245. The number of amides is 1. The first-order valence-electron chi connectivity index (χ1n) is 8.84. The van der Waals surface area contributed by atoms with Gasteiger partial charge >= 0.3 is 0 Å². The number of halogens is 1. The van der Waals surface area contributed by atoms with E-state index in [9.17, 15) is 4.79 Å². The molecule has 3 aromatic rings. The lowest BCUT2D eigenvalue weighted by Gasteiger charge is -2.06. The molecule has 0 unspecified atom stereocenters. The van der Waals surface area contributed by atoms with E-state index >= 15 is 0 Å². The number of ether oxygens (including phenoxy) is 2. The third-order valence-corrected chi connectivity index (χ3v) is 5.74. The van der Waals surface area contributed by atoms with Crippen LogP contribution >= 0.6 is 27.3 Å². The van der Waals surface area contributed by atoms with Gasteiger partial charge in [-0.2, -0.15) is 0 Å². The zero-order chi connectivity index (χ0) is 20.2.